The van der Waals surface area contributed by atoms with E-state index < -0.39 is 0 Å². The molecule has 1 aromatic rings. The Balaban J connectivity index is 2.19. The third kappa shape index (κ3) is 1.39. The van der Waals surface area contributed by atoms with Crippen LogP contribution >= 0.6 is 11.3 Å². The summed E-state index contributed by atoms with van der Waals surface area (Å²) in [6, 6.07) is 0.593. The molecule has 1 aliphatic heterocycles. The minimum Gasteiger partial charge on any atom is -0.298 e. The number of hydrogen-bond donors (Lipinski definition) is 0. The highest BCUT2D eigenvalue weighted by molar-refractivity contribution is 7.09. The molecule has 1 aromatic heterocycles. The average Bonchev–Trinajstić information content (AvgIpc) is 2.58. The molecule has 3 heteroatoms. The fourth-order valence-corrected chi connectivity index (χ4v) is 2.48. The maximum absolute atomic E-state index is 4.52. The second kappa shape index (κ2) is 3.15. The molecule has 2 nitrogen and oxygen atoms in total. The number of aromatic nitrogens is 1. The number of aryl methyl sites for hydroxylation is 1. The molecule has 1 fully saturated rings. The van der Waals surface area contributed by atoms with Gasteiger partial charge in [0, 0.05) is 5.38 Å². The minimum atomic E-state index is 0.593. The lowest BCUT2D eigenvalue weighted by atomic mass is 10.2. The Morgan fingerprint density at radius 1 is 1.67 bits per heavy atom. The molecule has 12 heavy (non-hydrogen) atoms. The number of thiazole rings is 1. The first-order chi connectivity index (χ1) is 5.77. The summed E-state index contributed by atoms with van der Waals surface area (Å²) in [7, 11) is 2.19. The van der Waals surface area contributed by atoms with Crippen molar-refractivity contribution in [2.24, 2.45) is 0 Å². The second-order valence-electron chi connectivity index (χ2n) is 3.43. The molecule has 0 aromatic carbocycles. The molecule has 2 rings (SSSR count). The predicted molar refractivity (Wildman–Crippen MR) is 51.5 cm³/mol. The van der Waals surface area contributed by atoms with Crippen molar-refractivity contribution in [3.8, 4) is 0 Å². The molecule has 1 saturated heterocycles. The van der Waals surface area contributed by atoms with E-state index in [1.165, 1.54) is 30.1 Å². The fourth-order valence-electron chi connectivity index (χ4n) is 1.82. The van der Waals surface area contributed by atoms with Crippen molar-refractivity contribution >= 4 is 11.3 Å². The summed E-state index contributed by atoms with van der Waals surface area (Å²) in [5.74, 6) is 0. The Bertz CT molecular complexity index is 269. The number of hydrogen-bond acceptors (Lipinski definition) is 3. The van der Waals surface area contributed by atoms with Crippen LogP contribution in [-0.4, -0.2) is 23.5 Å². The molecule has 0 spiro atoms. The van der Waals surface area contributed by atoms with Crippen LogP contribution in [0.5, 0.6) is 0 Å². The Kier molecular flexibility index (Phi) is 2.15. The molecule has 0 radical (unpaired) electrons. The summed E-state index contributed by atoms with van der Waals surface area (Å²) < 4.78 is 0. The van der Waals surface area contributed by atoms with Gasteiger partial charge in [0.15, 0.2) is 0 Å². The van der Waals surface area contributed by atoms with Gasteiger partial charge in [-0.1, -0.05) is 0 Å². The Morgan fingerprint density at radius 2 is 2.50 bits per heavy atom. The number of likely N-dealkylation sites (tertiary alicyclic amines) is 1. The summed E-state index contributed by atoms with van der Waals surface area (Å²) >= 11 is 1.76. The number of nitrogens with zero attached hydrogens (tertiary/aromatic N) is 2. The lowest BCUT2D eigenvalue weighted by molar-refractivity contribution is 0.312. The molecule has 1 aliphatic rings. The highest BCUT2D eigenvalue weighted by Gasteiger charge is 2.23. The van der Waals surface area contributed by atoms with Crippen LogP contribution in [0.2, 0.25) is 0 Å². The van der Waals surface area contributed by atoms with Gasteiger partial charge in [-0.2, -0.15) is 0 Å². The first-order valence-corrected chi connectivity index (χ1v) is 5.27. The molecule has 1 atom stereocenters. The smallest absolute Gasteiger partial charge is 0.0898 e. The van der Waals surface area contributed by atoms with Gasteiger partial charge in [0.05, 0.1) is 16.7 Å². The third-order valence-electron chi connectivity index (χ3n) is 2.50. The molecular weight excluding hydrogens is 168 g/mol. The molecule has 0 bridgehead atoms. The topological polar surface area (TPSA) is 16.1 Å². The quantitative estimate of drug-likeness (QED) is 0.662. The maximum atomic E-state index is 4.52. The standard InChI is InChI=1S/C9H14N2S/c1-7-10-8(6-12-7)9-4-3-5-11(9)2/h6,9H,3-5H2,1-2H3/t9-/m1/s1. The Labute approximate surface area is 77.2 Å². The van der Waals surface area contributed by atoms with Gasteiger partial charge in [0.2, 0.25) is 0 Å². The molecular formula is C9H14N2S. The van der Waals surface area contributed by atoms with E-state index in [-0.39, 0.29) is 0 Å². The van der Waals surface area contributed by atoms with Crippen LogP contribution in [0.15, 0.2) is 5.38 Å². The highest BCUT2D eigenvalue weighted by atomic mass is 32.1. The van der Waals surface area contributed by atoms with Crippen molar-refractivity contribution in [1.82, 2.24) is 9.88 Å². The predicted octanol–water partition coefficient (Wildman–Crippen LogP) is 2.22. The monoisotopic (exact) mass is 182 g/mol. The van der Waals surface area contributed by atoms with Gasteiger partial charge in [-0.25, -0.2) is 4.98 Å². The molecule has 2 heterocycles. The van der Waals surface area contributed by atoms with E-state index in [1.54, 1.807) is 11.3 Å². The highest BCUT2D eigenvalue weighted by Crippen LogP contribution is 2.30. The zero-order chi connectivity index (χ0) is 8.55. The molecule has 0 unspecified atom stereocenters. The molecule has 0 N–H and O–H groups in total. The van der Waals surface area contributed by atoms with Crippen LogP contribution in [0.1, 0.15) is 29.6 Å². The maximum Gasteiger partial charge on any atom is 0.0898 e. The Morgan fingerprint density at radius 3 is 3.00 bits per heavy atom. The first-order valence-electron chi connectivity index (χ1n) is 4.39. The average molecular weight is 182 g/mol. The van der Waals surface area contributed by atoms with E-state index in [0.29, 0.717) is 6.04 Å². The SMILES string of the molecule is Cc1nc([C@H]2CCCN2C)cs1. The van der Waals surface area contributed by atoms with Crippen molar-refractivity contribution in [2.75, 3.05) is 13.6 Å². The van der Waals surface area contributed by atoms with E-state index in [0.717, 1.165) is 0 Å². The van der Waals surface area contributed by atoms with Crippen molar-refractivity contribution in [2.45, 2.75) is 25.8 Å². The van der Waals surface area contributed by atoms with Gasteiger partial charge in [-0.15, -0.1) is 11.3 Å². The van der Waals surface area contributed by atoms with Crippen molar-refractivity contribution in [3.63, 3.8) is 0 Å². The normalized spacial score (nSPS) is 25.0. The van der Waals surface area contributed by atoms with Gasteiger partial charge >= 0.3 is 0 Å². The van der Waals surface area contributed by atoms with Crippen LogP contribution in [0.3, 0.4) is 0 Å². The van der Waals surface area contributed by atoms with Gasteiger partial charge in [-0.05, 0) is 33.4 Å². The van der Waals surface area contributed by atoms with E-state index in [1.807, 2.05) is 0 Å². The van der Waals surface area contributed by atoms with Crippen molar-refractivity contribution in [3.05, 3.63) is 16.1 Å². The fraction of sp³-hybridized carbons (Fsp3) is 0.667. The van der Waals surface area contributed by atoms with E-state index in [4.69, 9.17) is 0 Å². The molecule has 66 valence electrons. The van der Waals surface area contributed by atoms with E-state index in [9.17, 15) is 0 Å². The van der Waals surface area contributed by atoms with Gasteiger partial charge in [0.25, 0.3) is 0 Å². The van der Waals surface area contributed by atoms with Crippen LogP contribution < -0.4 is 0 Å². The summed E-state index contributed by atoms with van der Waals surface area (Å²) in [6.45, 7) is 3.30. The summed E-state index contributed by atoms with van der Waals surface area (Å²) in [5, 5.41) is 3.38. The lowest BCUT2D eigenvalue weighted by Gasteiger charge is -2.16. The zero-order valence-corrected chi connectivity index (χ0v) is 8.40. The van der Waals surface area contributed by atoms with Crippen LogP contribution in [0.25, 0.3) is 0 Å². The largest absolute Gasteiger partial charge is 0.298 e. The summed E-state index contributed by atoms with van der Waals surface area (Å²) in [4.78, 5) is 6.92. The van der Waals surface area contributed by atoms with E-state index in [2.05, 4.69) is 29.2 Å². The third-order valence-corrected chi connectivity index (χ3v) is 3.29. The summed E-state index contributed by atoms with van der Waals surface area (Å²) in [6.07, 6.45) is 2.59. The molecule has 0 aliphatic carbocycles. The van der Waals surface area contributed by atoms with Crippen LogP contribution in [-0.2, 0) is 0 Å². The van der Waals surface area contributed by atoms with Gasteiger partial charge < -0.3 is 0 Å². The van der Waals surface area contributed by atoms with Crippen molar-refractivity contribution < 1.29 is 0 Å². The van der Waals surface area contributed by atoms with Crippen LogP contribution in [0.4, 0.5) is 0 Å². The number of rotatable bonds is 1. The first kappa shape index (κ1) is 8.20. The zero-order valence-electron chi connectivity index (χ0n) is 7.58. The van der Waals surface area contributed by atoms with Crippen LogP contribution in [0, 0.1) is 6.92 Å². The Hall–Kier alpha value is -0.410. The van der Waals surface area contributed by atoms with E-state index >= 15 is 0 Å². The van der Waals surface area contributed by atoms with Crippen molar-refractivity contribution in [1.29, 1.82) is 0 Å². The second-order valence-corrected chi connectivity index (χ2v) is 4.49. The molecule has 0 amide bonds. The van der Waals surface area contributed by atoms with Gasteiger partial charge in [-0.3, -0.25) is 4.90 Å². The molecule has 0 saturated carbocycles. The minimum absolute atomic E-state index is 0.593. The summed E-state index contributed by atoms with van der Waals surface area (Å²) in [5.41, 5.74) is 1.28. The lowest BCUT2D eigenvalue weighted by Crippen LogP contribution is -2.17. The van der Waals surface area contributed by atoms with Gasteiger partial charge in [0.1, 0.15) is 0 Å².